The molecular formula is C11H14O. The smallest absolute Gasteiger partial charge is 0.0899 e. The quantitative estimate of drug-likeness (QED) is 0.707. The molecule has 2 rings (SSSR count). The zero-order valence-electron chi connectivity index (χ0n) is 7.38. The van der Waals surface area contributed by atoms with Gasteiger partial charge in [-0.25, -0.2) is 0 Å². The molecule has 1 saturated carbocycles. The molecule has 0 unspecified atom stereocenters. The van der Waals surface area contributed by atoms with Crippen LogP contribution in [0.4, 0.5) is 0 Å². The Labute approximate surface area is 73.0 Å². The van der Waals surface area contributed by atoms with Crippen molar-refractivity contribution in [2.24, 2.45) is 0 Å². The van der Waals surface area contributed by atoms with Crippen LogP contribution in [0.15, 0.2) is 24.3 Å². The molecule has 0 amide bonds. The van der Waals surface area contributed by atoms with Crippen LogP contribution in [-0.2, 0) is 12.0 Å². The molecule has 1 aromatic carbocycles. The Bertz CT molecular complexity index is 287. The minimum absolute atomic E-state index is 0.467. The number of aliphatic hydroxyl groups is 1. The van der Waals surface area contributed by atoms with Crippen molar-refractivity contribution < 1.29 is 5.11 Å². The van der Waals surface area contributed by atoms with E-state index >= 15 is 0 Å². The molecule has 0 aromatic heterocycles. The van der Waals surface area contributed by atoms with Gasteiger partial charge in [-0.2, -0.15) is 0 Å². The molecule has 1 N–H and O–H groups in total. The maximum absolute atomic E-state index is 9.82. The number of benzene rings is 1. The summed E-state index contributed by atoms with van der Waals surface area (Å²) < 4.78 is 0. The normalized spacial score (nSPS) is 19.2. The van der Waals surface area contributed by atoms with Gasteiger partial charge in [-0.3, -0.25) is 0 Å². The van der Waals surface area contributed by atoms with Crippen molar-refractivity contribution in [1.29, 1.82) is 0 Å². The molecule has 0 radical (unpaired) electrons. The van der Waals surface area contributed by atoms with Crippen LogP contribution in [0.5, 0.6) is 0 Å². The van der Waals surface area contributed by atoms with Gasteiger partial charge in [0.1, 0.15) is 0 Å². The predicted molar refractivity (Wildman–Crippen MR) is 49.0 cm³/mol. The van der Waals surface area contributed by atoms with Gasteiger partial charge in [0.2, 0.25) is 0 Å². The third-order valence-corrected chi connectivity index (χ3v) is 2.60. The van der Waals surface area contributed by atoms with Crippen LogP contribution < -0.4 is 0 Å². The number of rotatable bonds is 2. The fourth-order valence-electron chi connectivity index (χ4n) is 1.49. The van der Waals surface area contributed by atoms with E-state index in [0.717, 1.165) is 24.8 Å². The molecular weight excluding hydrogens is 148 g/mol. The molecule has 0 saturated heterocycles. The van der Waals surface area contributed by atoms with Crippen molar-refractivity contribution in [2.45, 2.75) is 31.8 Å². The van der Waals surface area contributed by atoms with Crippen molar-refractivity contribution in [1.82, 2.24) is 0 Å². The molecule has 1 nitrogen and oxygen atoms in total. The van der Waals surface area contributed by atoms with Crippen molar-refractivity contribution in [3.8, 4) is 0 Å². The molecule has 64 valence electrons. The SMILES string of the molecule is CCc1cccc(C2(O)CC2)c1. The highest BCUT2D eigenvalue weighted by atomic mass is 16.3. The number of hydrogen-bond acceptors (Lipinski definition) is 1. The van der Waals surface area contributed by atoms with Crippen molar-refractivity contribution >= 4 is 0 Å². The maximum Gasteiger partial charge on any atom is 0.0899 e. The summed E-state index contributed by atoms with van der Waals surface area (Å²) in [6, 6.07) is 8.28. The summed E-state index contributed by atoms with van der Waals surface area (Å²) in [6.45, 7) is 2.13. The zero-order valence-corrected chi connectivity index (χ0v) is 7.38. The molecule has 0 aliphatic heterocycles. The Morgan fingerprint density at radius 2 is 2.17 bits per heavy atom. The summed E-state index contributed by atoms with van der Waals surface area (Å²) in [7, 11) is 0. The largest absolute Gasteiger partial charge is 0.385 e. The lowest BCUT2D eigenvalue weighted by atomic mass is 10.0. The lowest BCUT2D eigenvalue weighted by Gasteiger charge is -2.08. The fourth-order valence-corrected chi connectivity index (χ4v) is 1.49. The molecule has 0 spiro atoms. The molecule has 1 heteroatoms. The van der Waals surface area contributed by atoms with Crippen molar-refractivity contribution in [2.75, 3.05) is 0 Å². The molecule has 1 fully saturated rings. The highest BCUT2D eigenvalue weighted by Crippen LogP contribution is 2.45. The van der Waals surface area contributed by atoms with Gasteiger partial charge in [-0.1, -0.05) is 31.2 Å². The highest BCUT2D eigenvalue weighted by Gasteiger charge is 2.41. The standard InChI is InChI=1S/C11H14O/c1-2-9-4-3-5-10(8-9)11(12)6-7-11/h3-5,8,12H,2,6-7H2,1H3. The first-order valence-electron chi connectivity index (χ1n) is 4.56. The molecule has 0 atom stereocenters. The molecule has 1 aliphatic rings. The first-order chi connectivity index (χ1) is 5.74. The van der Waals surface area contributed by atoms with Crippen LogP contribution in [0.25, 0.3) is 0 Å². The molecule has 12 heavy (non-hydrogen) atoms. The minimum atomic E-state index is -0.467. The molecule has 1 aromatic rings. The topological polar surface area (TPSA) is 20.2 Å². The van der Waals surface area contributed by atoms with E-state index in [9.17, 15) is 5.11 Å². The second kappa shape index (κ2) is 2.60. The van der Waals surface area contributed by atoms with Crippen LogP contribution in [0.3, 0.4) is 0 Å². The van der Waals surface area contributed by atoms with Crippen LogP contribution >= 0.6 is 0 Å². The maximum atomic E-state index is 9.82. The first-order valence-corrected chi connectivity index (χ1v) is 4.56. The monoisotopic (exact) mass is 162 g/mol. The van der Waals surface area contributed by atoms with Gasteiger partial charge in [-0.05, 0) is 30.4 Å². The Morgan fingerprint density at radius 3 is 2.75 bits per heavy atom. The van der Waals surface area contributed by atoms with Gasteiger partial charge in [0.05, 0.1) is 5.60 Å². The second-order valence-electron chi connectivity index (χ2n) is 3.59. The third-order valence-electron chi connectivity index (χ3n) is 2.60. The van der Waals surface area contributed by atoms with E-state index < -0.39 is 5.60 Å². The number of hydrogen-bond donors (Lipinski definition) is 1. The Morgan fingerprint density at radius 1 is 1.42 bits per heavy atom. The zero-order chi connectivity index (χ0) is 8.60. The average molecular weight is 162 g/mol. The van der Waals surface area contributed by atoms with Crippen LogP contribution in [0, 0.1) is 0 Å². The van der Waals surface area contributed by atoms with E-state index in [1.807, 2.05) is 12.1 Å². The van der Waals surface area contributed by atoms with E-state index in [1.165, 1.54) is 5.56 Å². The van der Waals surface area contributed by atoms with Crippen LogP contribution in [-0.4, -0.2) is 5.11 Å². The van der Waals surface area contributed by atoms with Gasteiger partial charge in [-0.15, -0.1) is 0 Å². The number of aryl methyl sites for hydroxylation is 1. The van der Waals surface area contributed by atoms with E-state index in [-0.39, 0.29) is 0 Å². The van der Waals surface area contributed by atoms with Crippen molar-refractivity contribution in [3.05, 3.63) is 35.4 Å². The van der Waals surface area contributed by atoms with E-state index in [4.69, 9.17) is 0 Å². The van der Waals surface area contributed by atoms with Gasteiger partial charge in [0, 0.05) is 0 Å². The summed E-state index contributed by atoms with van der Waals surface area (Å²) >= 11 is 0. The summed E-state index contributed by atoms with van der Waals surface area (Å²) in [6.07, 6.45) is 2.91. The highest BCUT2D eigenvalue weighted by molar-refractivity contribution is 5.31. The van der Waals surface area contributed by atoms with Gasteiger partial charge < -0.3 is 5.11 Å². The van der Waals surface area contributed by atoms with Gasteiger partial charge in [0.25, 0.3) is 0 Å². The van der Waals surface area contributed by atoms with E-state index in [0.29, 0.717) is 0 Å². The average Bonchev–Trinajstić information content (AvgIpc) is 2.85. The predicted octanol–water partition coefficient (Wildman–Crippen LogP) is 2.23. The van der Waals surface area contributed by atoms with Crippen LogP contribution in [0.2, 0.25) is 0 Å². The summed E-state index contributed by atoms with van der Waals surface area (Å²) in [5.74, 6) is 0. The van der Waals surface area contributed by atoms with Crippen LogP contribution in [0.1, 0.15) is 30.9 Å². The van der Waals surface area contributed by atoms with Crippen molar-refractivity contribution in [3.63, 3.8) is 0 Å². The molecule has 0 heterocycles. The van der Waals surface area contributed by atoms with Gasteiger partial charge >= 0.3 is 0 Å². The Kier molecular flexibility index (Phi) is 1.69. The first kappa shape index (κ1) is 7.81. The Balaban J connectivity index is 2.32. The lowest BCUT2D eigenvalue weighted by Crippen LogP contribution is -2.04. The third kappa shape index (κ3) is 1.25. The lowest BCUT2D eigenvalue weighted by molar-refractivity contribution is 0.151. The van der Waals surface area contributed by atoms with E-state index in [1.54, 1.807) is 0 Å². The van der Waals surface area contributed by atoms with Gasteiger partial charge in [0.15, 0.2) is 0 Å². The fraction of sp³-hybridized carbons (Fsp3) is 0.455. The summed E-state index contributed by atoms with van der Waals surface area (Å²) in [5.41, 5.74) is 1.94. The molecule has 1 aliphatic carbocycles. The minimum Gasteiger partial charge on any atom is -0.385 e. The second-order valence-corrected chi connectivity index (χ2v) is 3.59. The summed E-state index contributed by atoms with van der Waals surface area (Å²) in [4.78, 5) is 0. The molecule has 0 bridgehead atoms. The Hall–Kier alpha value is -0.820. The summed E-state index contributed by atoms with van der Waals surface area (Å²) in [5, 5.41) is 9.82. The van der Waals surface area contributed by atoms with E-state index in [2.05, 4.69) is 19.1 Å².